The molecule has 2 fully saturated rings. The molecule has 0 atom stereocenters. The molecule has 1 N–H and O–H groups in total. The molecule has 3 rings (SSSR count). The average Bonchev–Trinajstić information content (AvgIpc) is 2.69. The van der Waals surface area contributed by atoms with Crippen molar-refractivity contribution in [3.8, 4) is 5.88 Å². The van der Waals surface area contributed by atoms with Gasteiger partial charge in [-0.3, -0.25) is 0 Å². The summed E-state index contributed by atoms with van der Waals surface area (Å²) in [5.41, 5.74) is -0.241. The van der Waals surface area contributed by atoms with Crippen LogP contribution in [0, 0.1) is 0 Å². The van der Waals surface area contributed by atoms with Crippen LogP contribution in [0.15, 0.2) is 17.2 Å². The van der Waals surface area contributed by atoms with Crippen molar-refractivity contribution in [3.63, 3.8) is 0 Å². The number of nitrogens with zero attached hydrogens (tertiary/aromatic N) is 3. The Morgan fingerprint density at radius 3 is 2.54 bits per heavy atom. The van der Waals surface area contributed by atoms with Crippen LogP contribution in [-0.4, -0.2) is 85.7 Å². The molecule has 0 unspecified atom stereocenters. The molecule has 0 aliphatic carbocycles. The van der Waals surface area contributed by atoms with Crippen LogP contribution in [0.3, 0.4) is 0 Å². The summed E-state index contributed by atoms with van der Waals surface area (Å²) in [7, 11) is -3.79. The minimum atomic E-state index is -3.79. The van der Waals surface area contributed by atoms with Crippen molar-refractivity contribution in [3.05, 3.63) is 17.8 Å². The van der Waals surface area contributed by atoms with Crippen molar-refractivity contribution >= 4 is 16.0 Å². The normalized spacial score (nSPS) is 19.8. The zero-order valence-electron chi connectivity index (χ0n) is 17.3. The average molecular weight is 423 g/mol. The Morgan fingerprint density at radius 1 is 1.32 bits per heavy atom. The molecule has 9 nitrogen and oxygen atoms in total. The van der Waals surface area contributed by atoms with Crippen LogP contribution in [0.1, 0.15) is 31.6 Å². The van der Waals surface area contributed by atoms with Crippen molar-refractivity contribution in [1.82, 2.24) is 14.2 Å². The molecule has 0 spiro atoms. The summed E-state index contributed by atoms with van der Waals surface area (Å²) in [6.45, 7) is 6.05. The quantitative estimate of drug-likeness (QED) is 0.513. The number of sulfonamides is 1. The third-order valence-corrected chi connectivity index (χ3v) is 6.78. The molecule has 152 valence electrons. The van der Waals surface area contributed by atoms with Crippen LogP contribution in [0.2, 0.25) is 0 Å². The van der Waals surface area contributed by atoms with Gasteiger partial charge >= 0.3 is 35.5 Å². The smallest absolute Gasteiger partial charge is 1.00 e. The predicted octanol–water partition coefficient (Wildman–Crippen LogP) is -2.22. The third kappa shape index (κ3) is 5.44. The van der Waals surface area contributed by atoms with Crippen molar-refractivity contribution < 1.29 is 58.8 Å². The first-order valence-corrected chi connectivity index (χ1v) is 10.6. The number of ether oxygens (including phenoxy) is 2. The van der Waals surface area contributed by atoms with E-state index in [-0.39, 0.29) is 53.4 Å². The maximum absolute atomic E-state index is 12.9. The van der Waals surface area contributed by atoms with Crippen molar-refractivity contribution in [2.24, 2.45) is 0 Å². The fourth-order valence-electron chi connectivity index (χ4n) is 3.21. The summed E-state index contributed by atoms with van der Waals surface area (Å²) < 4.78 is 38.1. The van der Waals surface area contributed by atoms with E-state index >= 15 is 0 Å². The molecule has 0 aromatic carbocycles. The van der Waals surface area contributed by atoms with E-state index in [1.807, 2.05) is 6.92 Å². The van der Waals surface area contributed by atoms with E-state index in [0.717, 1.165) is 12.6 Å². The summed E-state index contributed by atoms with van der Waals surface area (Å²) in [4.78, 5) is 17.7. The topological polar surface area (TPSA) is 109 Å². The number of piperazine rings is 1. The van der Waals surface area contributed by atoms with Gasteiger partial charge in [0.05, 0.1) is 19.4 Å². The van der Waals surface area contributed by atoms with Gasteiger partial charge in [-0.2, -0.15) is 4.31 Å². The number of hydrogen-bond acceptors (Lipinski definition) is 7. The van der Waals surface area contributed by atoms with Crippen LogP contribution in [-0.2, 0) is 14.8 Å². The molecular formula is C17H26N3NaO6S. The molecule has 0 amide bonds. The van der Waals surface area contributed by atoms with Gasteiger partial charge in [0.1, 0.15) is 16.6 Å². The Hall–Kier alpha value is -0.750. The minimum absolute atomic E-state index is 0. The van der Waals surface area contributed by atoms with Gasteiger partial charge in [-0.25, -0.2) is 18.2 Å². The second-order valence-corrected chi connectivity index (χ2v) is 8.53. The second kappa shape index (κ2) is 10.3. The number of likely N-dealkylation sites (N-methyl/N-ethyl adjacent to an activating group) is 1. The Balaban J connectivity index is 0.00000210. The van der Waals surface area contributed by atoms with Crippen LogP contribution in [0.4, 0.5) is 0 Å². The number of aromatic nitrogens is 1. The standard InChI is InChI=1S/C17H25N3O6S.Na.H/c1-2-19-5-7-20(8-6-19)27(23,24)14-11-15(17(21)22)16(18-12-14)26-13-3-9-25-10-4-13;;/h11-13H,2-10H2,1H3,(H,21,22);;/q;+1;-1. The molecule has 3 heterocycles. The van der Waals surface area contributed by atoms with Gasteiger partial charge in [0.15, 0.2) is 0 Å². The van der Waals surface area contributed by atoms with Crippen LogP contribution in [0.25, 0.3) is 0 Å². The van der Waals surface area contributed by atoms with Crippen molar-refractivity contribution in [1.29, 1.82) is 0 Å². The van der Waals surface area contributed by atoms with E-state index in [2.05, 4.69) is 9.88 Å². The van der Waals surface area contributed by atoms with Crippen LogP contribution < -0.4 is 34.3 Å². The van der Waals surface area contributed by atoms with Gasteiger partial charge in [-0.15, -0.1) is 0 Å². The van der Waals surface area contributed by atoms with Crippen molar-refractivity contribution in [2.75, 3.05) is 45.9 Å². The maximum Gasteiger partial charge on any atom is 1.00 e. The molecule has 2 aliphatic rings. The Bertz CT molecular complexity index is 783. The molecule has 0 bridgehead atoms. The molecule has 0 radical (unpaired) electrons. The van der Waals surface area contributed by atoms with E-state index in [0.29, 0.717) is 52.2 Å². The summed E-state index contributed by atoms with van der Waals surface area (Å²) in [6, 6.07) is 1.14. The molecule has 1 aromatic heterocycles. The number of carbonyl (C=O) groups is 1. The second-order valence-electron chi connectivity index (χ2n) is 6.60. The zero-order valence-corrected chi connectivity index (χ0v) is 19.2. The monoisotopic (exact) mass is 423 g/mol. The first-order chi connectivity index (χ1) is 12.9. The molecule has 0 saturated carbocycles. The number of carboxylic acids is 1. The van der Waals surface area contributed by atoms with Gasteiger partial charge in [-0.05, 0) is 12.6 Å². The molecule has 1 aromatic rings. The van der Waals surface area contributed by atoms with E-state index in [1.54, 1.807) is 0 Å². The number of rotatable bonds is 6. The maximum atomic E-state index is 12.9. The first-order valence-electron chi connectivity index (χ1n) is 9.12. The zero-order chi connectivity index (χ0) is 19.4. The molecule has 2 aliphatic heterocycles. The molecule has 28 heavy (non-hydrogen) atoms. The predicted molar refractivity (Wildman–Crippen MR) is 97.7 cm³/mol. The fourth-order valence-corrected chi connectivity index (χ4v) is 4.60. The third-order valence-electron chi connectivity index (χ3n) is 4.92. The molecule has 2 saturated heterocycles. The van der Waals surface area contributed by atoms with Gasteiger partial charge < -0.3 is 20.9 Å². The Morgan fingerprint density at radius 2 is 1.96 bits per heavy atom. The number of hydrogen-bond donors (Lipinski definition) is 1. The summed E-state index contributed by atoms with van der Waals surface area (Å²) in [5, 5.41) is 9.50. The largest absolute Gasteiger partial charge is 1.00 e. The van der Waals surface area contributed by atoms with E-state index in [9.17, 15) is 18.3 Å². The number of pyridine rings is 1. The molecular weight excluding hydrogens is 397 g/mol. The fraction of sp³-hybridized carbons (Fsp3) is 0.647. The Kier molecular flexibility index (Phi) is 8.68. The number of aromatic carboxylic acids is 1. The number of carboxylic acid groups (broad SMARTS) is 1. The van der Waals surface area contributed by atoms with Gasteiger partial charge in [0, 0.05) is 39.0 Å². The van der Waals surface area contributed by atoms with Crippen LogP contribution >= 0.6 is 0 Å². The van der Waals surface area contributed by atoms with Gasteiger partial charge in [0.25, 0.3) is 0 Å². The first kappa shape index (κ1) is 23.5. The van der Waals surface area contributed by atoms with E-state index < -0.39 is 16.0 Å². The van der Waals surface area contributed by atoms with E-state index in [4.69, 9.17) is 9.47 Å². The SMILES string of the molecule is CCN1CCN(S(=O)(=O)c2cnc(OC3CCOCC3)c(C(=O)O)c2)CC1.[H-].[Na+]. The van der Waals surface area contributed by atoms with Gasteiger partial charge in [-0.1, -0.05) is 6.92 Å². The summed E-state index contributed by atoms with van der Waals surface area (Å²) >= 11 is 0. The van der Waals surface area contributed by atoms with Gasteiger partial charge in [0.2, 0.25) is 15.9 Å². The van der Waals surface area contributed by atoms with Crippen LogP contribution in [0.5, 0.6) is 5.88 Å². The van der Waals surface area contributed by atoms with E-state index in [1.165, 1.54) is 10.5 Å². The minimum Gasteiger partial charge on any atom is -1.00 e. The summed E-state index contributed by atoms with van der Waals surface area (Å²) in [5.74, 6) is -1.32. The summed E-state index contributed by atoms with van der Waals surface area (Å²) in [6.07, 6.45) is 2.28. The van der Waals surface area contributed by atoms with Crippen molar-refractivity contribution in [2.45, 2.75) is 30.8 Å². The Labute approximate surface area is 188 Å². The molecule has 11 heteroatoms.